The van der Waals surface area contributed by atoms with E-state index >= 15 is 0 Å². The molecule has 0 atom stereocenters. The maximum absolute atomic E-state index is 9.93. The molecule has 6 heteroatoms. The number of ether oxygens (including phenoxy) is 1. The summed E-state index contributed by atoms with van der Waals surface area (Å²) in [4.78, 5) is 4.47. The molecule has 20 heavy (non-hydrogen) atoms. The van der Waals surface area contributed by atoms with Crippen LogP contribution in [0.5, 0.6) is 11.5 Å². The number of hydrogen-bond donors (Lipinski definition) is 1. The number of hydrogen-bond acceptors (Lipinski definition) is 3. The SMILES string of the molecule is CCC(CC)N=Cc1cc(OC)cc(C)c1O.[Cl][Zr][Cl]. The van der Waals surface area contributed by atoms with Gasteiger partial charge in [0.15, 0.2) is 0 Å². The molecule has 0 aliphatic rings. The fourth-order valence-corrected chi connectivity index (χ4v) is 1.67. The molecule has 0 saturated carbocycles. The second-order valence-corrected chi connectivity index (χ2v) is 7.93. The van der Waals surface area contributed by atoms with Crippen molar-refractivity contribution in [2.45, 2.75) is 39.7 Å². The third-order valence-electron chi connectivity index (χ3n) is 2.91. The van der Waals surface area contributed by atoms with Gasteiger partial charge in [-0.15, -0.1) is 0 Å². The molecule has 0 unspecified atom stereocenters. The Balaban J connectivity index is 0.00000110. The first-order chi connectivity index (χ1) is 9.53. The van der Waals surface area contributed by atoms with E-state index in [9.17, 15) is 5.11 Å². The second-order valence-electron chi connectivity index (χ2n) is 4.20. The molecule has 0 aliphatic heterocycles. The number of aromatic hydroxyl groups is 1. The fourth-order valence-electron chi connectivity index (χ4n) is 1.67. The summed E-state index contributed by atoms with van der Waals surface area (Å²) in [6, 6.07) is 3.93. The Labute approximate surface area is 140 Å². The first kappa shape index (κ1) is 20.0. The molecule has 0 amide bonds. The van der Waals surface area contributed by atoms with Crippen LogP contribution in [0.25, 0.3) is 0 Å². The average Bonchev–Trinajstić information content (AvgIpc) is 2.44. The van der Waals surface area contributed by atoms with Gasteiger partial charge in [0, 0.05) is 17.8 Å². The van der Waals surface area contributed by atoms with Crippen LogP contribution in [0, 0.1) is 6.92 Å². The Kier molecular flexibility index (Phi) is 11.6. The van der Waals surface area contributed by atoms with Crippen LogP contribution in [0.15, 0.2) is 17.1 Å². The van der Waals surface area contributed by atoms with Crippen LogP contribution in [0.3, 0.4) is 0 Å². The molecule has 0 radical (unpaired) electrons. The molecule has 1 aromatic carbocycles. The number of aryl methyl sites for hydroxylation is 1. The zero-order valence-electron chi connectivity index (χ0n) is 12.3. The van der Waals surface area contributed by atoms with Gasteiger partial charge in [-0.2, -0.15) is 0 Å². The fraction of sp³-hybridized carbons (Fsp3) is 0.500. The second kappa shape index (κ2) is 11.6. The van der Waals surface area contributed by atoms with Crippen LogP contribution in [0.1, 0.15) is 37.8 Å². The number of benzene rings is 1. The van der Waals surface area contributed by atoms with Gasteiger partial charge in [-0.1, -0.05) is 13.8 Å². The van der Waals surface area contributed by atoms with Crippen LogP contribution in [-0.2, 0) is 20.8 Å². The van der Waals surface area contributed by atoms with Gasteiger partial charge in [0.05, 0.1) is 7.11 Å². The molecule has 112 valence electrons. The topological polar surface area (TPSA) is 41.8 Å². The Hall–Kier alpha value is -0.0469. The monoisotopic (exact) mass is 395 g/mol. The molecule has 1 N–H and O–H groups in total. The summed E-state index contributed by atoms with van der Waals surface area (Å²) in [7, 11) is 11.5. The Morgan fingerprint density at radius 2 is 1.90 bits per heavy atom. The van der Waals surface area contributed by atoms with Gasteiger partial charge in [-0.05, 0) is 37.5 Å². The molecule has 1 rings (SSSR count). The number of methoxy groups -OCH3 is 1. The van der Waals surface area contributed by atoms with E-state index in [0.29, 0.717) is 11.6 Å². The molecular weight excluding hydrogens is 376 g/mol. The van der Waals surface area contributed by atoms with Crippen molar-refractivity contribution in [1.29, 1.82) is 0 Å². The summed E-state index contributed by atoms with van der Waals surface area (Å²) in [6.45, 7) is 6.08. The van der Waals surface area contributed by atoms with E-state index in [1.807, 2.05) is 13.0 Å². The Morgan fingerprint density at radius 1 is 1.35 bits per heavy atom. The number of rotatable bonds is 5. The van der Waals surface area contributed by atoms with E-state index in [2.05, 4.69) is 18.8 Å². The zero-order valence-corrected chi connectivity index (χ0v) is 16.3. The van der Waals surface area contributed by atoms with Crippen molar-refractivity contribution >= 4 is 23.2 Å². The summed E-state index contributed by atoms with van der Waals surface area (Å²) in [6.07, 6.45) is 3.76. The predicted octanol–water partition coefficient (Wildman–Crippen LogP) is 4.69. The van der Waals surface area contributed by atoms with Gasteiger partial charge >= 0.3 is 37.9 Å². The molecule has 0 saturated heterocycles. The van der Waals surface area contributed by atoms with Crippen molar-refractivity contribution in [3.8, 4) is 11.5 Å². The molecular formula is C14H21Cl2NO2Zr. The molecule has 0 bridgehead atoms. The zero-order chi connectivity index (χ0) is 15.5. The van der Waals surface area contributed by atoms with Crippen molar-refractivity contribution in [2.24, 2.45) is 4.99 Å². The standard InChI is InChI=1S/C14H21NO2.2ClH.Zr/c1-5-12(6-2)15-9-11-8-13(17-4)7-10(3)14(11)16;;;/h7-9,12,16H,5-6H2,1-4H3;2*1H;/q;;;+2/p-2. The van der Waals surface area contributed by atoms with Gasteiger partial charge in [0.2, 0.25) is 0 Å². The number of halogens is 2. The molecule has 0 aromatic heterocycles. The van der Waals surface area contributed by atoms with Gasteiger partial charge in [-0.25, -0.2) is 0 Å². The van der Waals surface area contributed by atoms with Crippen molar-refractivity contribution in [3.05, 3.63) is 23.3 Å². The van der Waals surface area contributed by atoms with Crippen molar-refractivity contribution in [1.82, 2.24) is 0 Å². The summed E-state index contributed by atoms with van der Waals surface area (Å²) < 4.78 is 5.18. The summed E-state index contributed by atoms with van der Waals surface area (Å²) in [5, 5.41) is 9.93. The van der Waals surface area contributed by atoms with E-state index in [1.165, 1.54) is 0 Å². The Bertz CT molecular complexity index is 424. The van der Waals surface area contributed by atoms with Crippen LogP contribution in [-0.4, -0.2) is 24.5 Å². The van der Waals surface area contributed by atoms with E-state index in [4.69, 9.17) is 21.8 Å². The van der Waals surface area contributed by atoms with E-state index in [1.54, 1.807) is 19.4 Å². The van der Waals surface area contributed by atoms with Crippen LogP contribution in [0.2, 0.25) is 0 Å². The van der Waals surface area contributed by atoms with E-state index < -0.39 is 20.8 Å². The molecule has 0 heterocycles. The van der Waals surface area contributed by atoms with Gasteiger partial charge in [-0.3, -0.25) is 4.99 Å². The van der Waals surface area contributed by atoms with Crippen molar-refractivity contribution < 1.29 is 30.7 Å². The first-order valence-corrected chi connectivity index (χ1v) is 12.7. The average molecular weight is 397 g/mol. The van der Waals surface area contributed by atoms with Gasteiger partial charge in [0.1, 0.15) is 11.5 Å². The Morgan fingerprint density at radius 3 is 2.35 bits per heavy atom. The summed E-state index contributed by atoms with van der Waals surface area (Å²) in [5.74, 6) is 1.02. The maximum atomic E-state index is 9.93. The van der Waals surface area contributed by atoms with Gasteiger partial charge in [0.25, 0.3) is 0 Å². The number of aliphatic imine (C=N–C) groups is 1. The minimum absolute atomic E-state index is 0.278. The summed E-state index contributed by atoms with van der Waals surface area (Å²) >= 11 is -0.826. The third-order valence-corrected chi connectivity index (χ3v) is 2.91. The third kappa shape index (κ3) is 7.10. The first-order valence-electron chi connectivity index (χ1n) is 6.40. The minimum atomic E-state index is -0.826. The molecule has 0 aliphatic carbocycles. The number of phenolic OH excluding ortho intramolecular Hbond substituents is 1. The van der Waals surface area contributed by atoms with E-state index in [-0.39, 0.29) is 5.75 Å². The quantitative estimate of drug-likeness (QED) is 0.732. The van der Waals surface area contributed by atoms with Gasteiger partial charge < -0.3 is 9.84 Å². The molecule has 0 spiro atoms. The predicted molar refractivity (Wildman–Crippen MR) is 83.1 cm³/mol. The van der Waals surface area contributed by atoms with E-state index in [0.717, 1.165) is 24.2 Å². The molecule has 1 aromatic rings. The van der Waals surface area contributed by atoms with Crippen LogP contribution < -0.4 is 4.74 Å². The number of nitrogens with zero attached hydrogens (tertiary/aromatic N) is 1. The molecule has 3 nitrogen and oxygen atoms in total. The normalized spacial score (nSPS) is 10.3. The van der Waals surface area contributed by atoms with Crippen molar-refractivity contribution in [3.63, 3.8) is 0 Å². The van der Waals surface area contributed by atoms with Crippen LogP contribution >= 0.6 is 17.0 Å². The summed E-state index contributed by atoms with van der Waals surface area (Å²) in [5.41, 5.74) is 1.52. The molecule has 0 fully saturated rings. The van der Waals surface area contributed by atoms with Crippen LogP contribution in [0.4, 0.5) is 0 Å². The van der Waals surface area contributed by atoms with Crippen molar-refractivity contribution in [2.75, 3.05) is 7.11 Å². The number of phenols is 1.